The summed E-state index contributed by atoms with van der Waals surface area (Å²) in [6.07, 6.45) is 3.23. The van der Waals surface area contributed by atoms with Crippen LogP contribution in [-0.4, -0.2) is 11.5 Å². The molecule has 2 nitrogen and oxygen atoms in total. The molecule has 0 radical (unpaired) electrons. The van der Waals surface area contributed by atoms with Gasteiger partial charge < -0.3 is 5.73 Å². The summed E-state index contributed by atoms with van der Waals surface area (Å²) in [4.78, 5) is 4.53. The van der Waals surface area contributed by atoms with Crippen LogP contribution >= 0.6 is 11.3 Å². The van der Waals surface area contributed by atoms with Crippen molar-refractivity contribution in [1.82, 2.24) is 4.98 Å². The second-order valence-electron chi connectivity index (χ2n) is 3.47. The van der Waals surface area contributed by atoms with Gasteiger partial charge in [-0.3, -0.25) is 0 Å². The zero-order valence-corrected chi connectivity index (χ0v) is 9.23. The number of aromatic nitrogens is 1. The van der Waals surface area contributed by atoms with Gasteiger partial charge in [0.2, 0.25) is 0 Å². The Morgan fingerprint density at radius 3 is 2.92 bits per heavy atom. The summed E-state index contributed by atoms with van der Waals surface area (Å²) in [5.74, 6) is 0.667. The van der Waals surface area contributed by atoms with E-state index in [1.165, 1.54) is 10.7 Å². The van der Waals surface area contributed by atoms with Crippen LogP contribution in [0, 0.1) is 5.92 Å². The minimum absolute atomic E-state index is 0.667. The fourth-order valence-electron chi connectivity index (χ4n) is 1.29. The Balaban J connectivity index is 2.44. The molecule has 1 unspecified atom stereocenters. The average molecular weight is 198 g/mol. The molecule has 1 aromatic heterocycles. The molecular formula is C10H18N2S. The fourth-order valence-corrected chi connectivity index (χ4v) is 2.33. The molecule has 0 amide bonds. The van der Waals surface area contributed by atoms with E-state index in [2.05, 4.69) is 24.2 Å². The number of thiazole rings is 1. The number of nitrogens with two attached hydrogens (primary N) is 1. The molecule has 0 spiro atoms. The van der Waals surface area contributed by atoms with Crippen LogP contribution in [0.4, 0.5) is 0 Å². The predicted molar refractivity (Wildman–Crippen MR) is 58.0 cm³/mol. The summed E-state index contributed by atoms with van der Waals surface area (Å²) >= 11 is 1.78. The van der Waals surface area contributed by atoms with Crippen molar-refractivity contribution in [3.63, 3.8) is 0 Å². The quantitative estimate of drug-likeness (QED) is 0.788. The van der Waals surface area contributed by atoms with Crippen LogP contribution in [0.25, 0.3) is 0 Å². The Morgan fingerprint density at radius 2 is 2.38 bits per heavy atom. The highest BCUT2D eigenvalue weighted by Gasteiger charge is 2.06. The number of hydrogen-bond acceptors (Lipinski definition) is 3. The van der Waals surface area contributed by atoms with Crippen molar-refractivity contribution in [1.29, 1.82) is 0 Å². The van der Waals surface area contributed by atoms with Gasteiger partial charge in [0.05, 0.1) is 10.7 Å². The lowest BCUT2D eigenvalue weighted by atomic mass is 10.1. The van der Waals surface area contributed by atoms with Gasteiger partial charge in [0, 0.05) is 11.8 Å². The van der Waals surface area contributed by atoms with Crippen LogP contribution in [0.5, 0.6) is 0 Å². The van der Waals surface area contributed by atoms with E-state index in [1.54, 1.807) is 11.3 Å². The Labute approximate surface area is 84.2 Å². The van der Waals surface area contributed by atoms with Gasteiger partial charge in [-0.1, -0.05) is 13.8 Å². The molecule has 0 aliphatic rings. The first-order valence-corrected chi connectivity index (χ1v) is 5.77. The minimum Gasteiger partial charge on any atom is -0.330 e. The van der Waals surface area contributed by atoms with Crippen molar-refractivity contribution in [3.8, 4) is 0 Å². The maximum Gasteiger partial charge on any atom is 0.0930 e. The van der Waals surface area contributed by atoms with Crippen molar-refractivity contribution in [2.45, 2.75) is 33.1 Å². The van der Waals surface area contributed by atoms with Crippen LogP contribution < -0.4 is 5.73 Å². The zero-order valence-electron chi connectivity index (χ0n) is 8.42. The van der Waals surface area contributed by atoms with Crippen molar-refractivity contribution in [3.05, 3.63) is 16.1 Å². The molecule has 0 aromatic carbocycles. The molecule has 0 bridgehead atoms. The summed E-state index contributed by atoms with van der Waals surface area (Å²) < 4.78 is 0. The van der Waals surface area contributed by atoms with E-state index in [9.17, 15) is 0 Å². The summed E-state index contributed by atoms with van der Waals surface area (Å²) in [7, 11) is 0. The van der Waals surface area contributed by atoms with E-state index in [-0.39, 0.29) is 0 Å². The lowest BCUT2D eigenvalue weighted by Gasteiger charge is -2.06. The molecule has 1 rings (SSSR count). The summed E-state index contributed by atoms with van der Waals surface area (Å²) in [6.45, 7) is 5.16. The van der Waals surface area contributed by atoms with Crippen LogP contribution in [0.2, 0.25) is 0 Å². The van der Waals surface area contributed by atoms with E-state index < -0.39 is 0 Å². The zero-order chi connectivity index (χ0) is 9.68. The standard InChI is InChI=1S/C10H18N2S/c1-3-9-7-13-10(12-9)6-8(2)4-5-11/h7-8H,3-6,11H2,1-2H3. The third-order valence-electron chi connectivity index (χ3n) is 2.14. The van der Waals surface area contributed by atoms with Gasteiger partial charge >= 0.3 is 0 Å². The van der Waals surface area contributed by atoms with Gasteiger partial charge in [-0.2, -0.15) is 0 Å². The van der Waals surface area contributed by atoms with Crippen LogP contribution in [0.1, 0.15) is 31.0 Å². The van der Waals surface area contributed by atoms with Crippen molar-refractivity contribution in [2.24, 2.45) is 11.7 Å². The number of aryl methyl sites for hydroxylation is 1. The molecule has 0 saturated carbocycles. The summed E-state index contributed by atoms with van der Waals surface area (Å²) in [5.41, 5.74) is 6.72. The van der Waals surface area contributed by atoms with Gasteiger partial charge in [-0.25, -0.2) is 4.98 Å². The normalized spacial score (nSPS) is 13.2. The Hall–Kier alpha value is -0.410. The van der Waals surface area contributed by atoms with E-state index in [0.29, 0.717) is 5.92 Å². The predicted octanol–water partition coefficient (Wildman–Crippen LogP) is 2.23. The number of nitrogens with zero attached hydrogens (tertiary/aromatic N) is 1. The topological polar surface area (TPSA) is 38.9 Å². The summed E-state index contributed by atoms with van der Waals surface area (Å²) in [6, 6.07) is 0. The molecule has 1 aromatic rings. The molecule has 1 heterocycles. The minimum atomic E-state index is 0.667. The lowest BCUT2D eigenvalue weighted by molar-refractivity contribution is 0.536. The van der Waals surface area contributed by atoms with Crippen LogP contribution in [0.15, 0.2) is 5.38 Å². The Kier molecular flexibility index (Phi) is 4.39. The maximum atomic E-state index is 5.50. The first kappa shape index (κ1) is 10.7. The molecular weight excluding hydrogens is 180 g/mol. The highest BCUT2D eigenvalue weighted by Crippen LogP contribution is 2.16. The van der Waals surface area contributed by atoms with Crippen molar-refractivity contribution < 1.29 is 0 Å². The lowest BCUT2D eigenvalue weighted by Crippen LogP contribution is -2.07. The molecule has 3 heteroatoms. The van der Waals surface area contributed by atoms with Crippen molar-refractivity contribution >= 4 is 11.3 Å². The van der Waals surface area contributed by atoms with Gasteiger partial charge in [0.15, 0.2) is 0 Å². The maximum absolute atomic E-state index is 5.50. The molecule has 74 valence electrons. The molecule has 0 aliphatic heterocycles. The molecule has 1 atom stereocenters. The Morgan fingerprint density at radius 1 is 1.62 bits per heavy atom. The fraction of sp³-hybridized carbons (Fsp3) is 0.700. The highest BCUT2D eigenvalue weighted by molar-refractivity contribution is 7.09. The number of rotatable bonds is 5. The number of hydrogen-bond donors (Lipinski definition) is 1. The first-order valence-electron chi connectivity index (χ1n) is 4.89. The molecule has 0 saturated heterocycles. The second-order valence-corrected chi connectivity index (χ2v) is 4.42. The molecule has 13 heavy (non-hydrogen) atoms. The summed E-state index contributed by atoms with van der Waals surface area (Å²) in [5, 5.41) is 3.42. The highest BCUT2D eigenvalue weighted by atomic mass is 32.1. The second kappa shape index (κ2) is 5.35. The Bertz CT molecular complexity index is 245. The third-order valence-corrected chi connectivity index (χ3v) is 3.06. The van der Waals surface area contributed by atoms with Crippen molar-refractivity contribution in [2.75, 3.05) is 6.54 Å². The van der Waals surface area contributed by atoms with E-state index >= 15 is 0 Å². The van der Waals surface area contributed by atoms with Gasteiger partial charge in [-0.15, -0.1) is 11.3 Å². The van der Waals surface area contributed by atoms with E-state index in [4.69, 9.17) is 5.73 Å². The molecule has 0 fully saturated rings. The monoisotopic (exact) mass is 198 g/mol. The SMILES string of the molecule is CCc1csc(CC(C)CCN)n1. The van der Waals surface area contributed by atoms with E-state index in [0.717, 1.165) is 25.8 Å². The third kappa shape index (κ3) is 3.44. The van der Waals surface area contributed by atoms with Crippen LogP contribution in [-0.2, 0) is 12.8 Å². The van der Waals surface area contributed by atoms with E-state index in [1.807, 2.05) is 0 Å². The molecule has 0 aliphatic carbocycles. The first-order chi connectivity index (χ1) is 6.26. The molecule has 2 N–H and O–H groups in total. The van der Waals surface area contributed by atoms with Gasteiger partial charge in [0.25, 0.3) is 0 Å². The van der Waals surface area contributed by atoms with Gasteiger partial charge in [0.1, 0.15) is 0 Å². The average Bonchev–Trinajstić information content (AvgIpc) is 2.52. The largest absolute Gasteiger partial charge is 0.330 e. The van der Waals surface area contributed by atoms with Gasteiger partial charge in [-0.05, 0) is 25.3 Å². The smallest absolute Gasteiger partial charge is 0.0930 e. The van der Waals surface area contributed by atoms with Crippen LogP contribution in [0.3, 0.4) is 0 Å².